The molecule has 1 heterocycles. The highest BCUT2D eigenvalue weighted by Gasteiger charge is 2.15. The lowest BCUT2D eigenvalue weighted by molar-refractivity contribution is -0.385. The lowest BCUT2D eigenvalue weighted by atomic mass is 10.1. The predicted octanol–water partition coefficient (Wildman–Crippen LogP) is 3.39. The molecule has 1 aromatic heterocycles. The van der Waals surface area contributed by atoms with Gasteiger partial charge in [0.1, 0.15) is 0 Å². The van der Waals surface area contributed by atoms with Gasteiger partial charge in [-0.3, -0.25) is 10.1 Å². The zero-order valence-electron chi connectivity index (χ0n) is 11.3. The molecule has 106 valence electrons. The van der Waals surface area contributed by atoms with Gasteiger partial charge >= 0.3 is 0 Å². The molecule has 2 rings (SSSR count). The third-order valence-corrected chi connectivity index (χ3v) is 4.30. The number of nitro groups is 1. The first kappa shape index (κ1) is 14.6. The Labute approximate surface area is 125 Å². The Morgan fingerprint density at radius 1 is 1.50 bits per heavy atom. The Hall–Kier alpha value is -1.76. The number of halogens is 1. The molecule has 0 spiro atoms. The molecule has 1 aromatic carbocycles. The van der Waals surface area contributed by atoms with Crippen LogP contribution in [0.25, 0.3) is 0 Å². The predicted molar refractivity (Wildman–Crippen MR) is 78.9 cm³/mol. The molecule has 20 heavy (non-hydrogen) atoms. The minimum atomic E-state index is -0.364. The summed E-state index contributed by atoms with van der Waals surface area (Å²) in [5, 5.41) is 19.1. The summed E-state index contributed by atoms with van der Waals surface area (Å²) in [6.07, 6.45) is 2.79. The number of nitro benzene ring substituents is 1. The van der Waals surface area contributed by atoms with Gasteiger partial charge in [-0.05, 0) is 18.9 Å². The van der Waals surface area contributed by atoms with Crippen LogP contribution in [0.3, 0.4) is 0 Å². The van der Waals surface area contributed by atoms with Crippen LogP contribution in [-0.4, -0.2) is 19.9 Å². The van der Waals surface area contributed by atoms with Crippen molar-refractivity contribution in [3.05, 3.63) is 51.3 Å². The van der Waals surface area contributed by atoms with E-state index in [1.807, 2.05) is 12.3 Å². The summed E-state index contributed by atoms with van der Waals surface area (Å²) in [5.41, 5.74) is 2.55. The van der Waals surface area contributed by atoms with E-state index in [0.29, 0.717) is 12.1 Å². The molecule has 0 aliphatic carbocycles. The van der Waals surface area contributed by atoms with E-state index in [2.05, 4.69) is 33.2 Å². The lowest BCUT2D eigenvalue weighted by Gasteiger charge is -2.06. The molecule has 6 nitrogen and oxygen atoms in total. The van der Waals surface area contributed by atoms with Gasteiger partial charge in [0.25, 0.3) is 5.69 Å². The van der Waals surface area contributed by atoms with Crippen molar-refractivity contribution in [1.82, 2.24) is 15.0 Å². The maximum absolute atomic E-state index is 10.9. The maximum atomic E-state index is 10.9. The summed E-state index contributed by atoms with van der Waals surface area (Å²) in [6.45, 7) is 4.29. The number of alkyl halides is 1. The first-order valence-electron chi connectivity index (χ1n) is 6.30. The Kier molecular flexibility index (Phi) is 4.49. The maximum Gasteiger partial charge on any atom is 0.272 e. The van der Waals surface area contributed by atoms with Gasteiger partial charge in [0.2, 0.25) is 0 Å². The fraction of sp³-hybridized carbons (Fsp3) is 0.385. The van der Waals surface area contributed by atoms with Crippen LogP contribution in [-0.2, 0) is 6.54 Å². The molecule has 0 amide bonds. The summed E-state index contributed by atoms with van der Waals surface area (Å²) < 4.78 is 1.70. The number of hydrogen-bond acceptors (Lipinski definition) is 4. The fourth-order valence-electron chi connectivity index (χ4n) is 1.96. The molecule has 0 radical (unpaired) electrons. The highest BCUT2D eigenvalue weighted by molar-refractivity contribution is 9.09. The Bertz CT molecular complexity index is 627. The highest BCUT2D eigenvalue weighted by atomic mass is 79.9. The molecular weight excluding hydrogens is 324 g/mol. The molecular formula is C13H15BrN4O2. The average Bonchev–Trinajstić information content (AvgIpc) is 2.88. The van der Waals surface area contributed by atoms with E-state index in [0.717, 1.165) is 17.7 Å². The Morgan fingerprint density at radius 3 is 2.90 bits per heavy atom. The first-order chi connectivity index (χ1) is 9.52. The van der Waals surface area contributed by atoms with Gasteiger partial charge in [-0.1, -0.05) is 40.2 Å². The van der Waals surface area contributed by atoms with E-state index < -0.39 is 0 Å². The number of hydrogen-bond donors (Lipinski definition) is 0. The van der Waals surface area contributed by atoms with Crippen LogP contribution >= 0.6 is 15.9 Å². The van der Waals surface area contributed by atoms with Crippen molar-refractivity contribution in [3.63, 3.8) is 0 Å². The van der Waals surface area contributed by atoms with Crippen LogP contribution in [0.5, 0.6) is 0 Å². The lowest BCUT2D eigenvalue weighted by Crippen LogP contribution is -2.04. The van der Waals surface area contributed by atoms with Gasteiger partial charge < -0.3 is 0 Å². The zero-order chi connectivity index (χ0) is 14.7. The first-order valence-corrected chi connectivity index (χ1v) is 7.21. The number of nitrogens with zero attached hydrogens (tertiary/aromatic N) is 4. The second-order valence-corrected chi connectivity index (χ2v) is 5.64. The smallest absolute Gasteiger partial charge is 0.258 e. The van der Waals surface area contributed by atoms with Crippen LogP contribution in [0.1, 0.15) is 35.0 Å². The van der Waals surface area contributed by atoms with Crippen LogP contribution < -0.4 is 0 Å². The van der Waals surface area contributed by atoms with E-state index in [9.17, 15) is 10.1 Å². The number of benzene rings is 1. The summed E-state index contributed by atoms with van der Waals surface area (Å²) in [4.78, 5) is 10.7. The molecule has 1 atom stereocenters. The summed E-state index contributed by atoms with van der Waals surface area (Å²) in [5.74, 6) is 0. The van der Waals surface area contributed by atoms with Gasteiger partial charge in [-0.2, -0.15) is 0 Å². The van der Waals surface area contributed by atoms with E-state index in [1.165, 1.54) is 6.07 Å². The van der Waals surface area contributed by atoms with Crippen LogP contribution in [0.4, 0.5) is 5.69 Å². The average molecular weight is 339 g/mol. The number of rotatable bonds is 5. The minimum Gasteiger partial charge on any atom is -0.258 e. The van der Waals surface area contributed by atoms with Crippen molar-refractivity contribution >= 4 is 21.6 Å². The monoisotopic (exact) mass is 338 g/mol. The molecule has 0 aliphatic rings. The largest absolute Gasteiger partial charge is 0.272 e. The molecule has 0 saturated carbocycles. The van der Waals surface area contributed by atoms with Crippen molar-refractivity contribution in [2.24, 2.45) is 0 Å². The van der Waals surface area contributed by atoms with Crippen molar-refractivity contribution < 1.29 is 4.92 Å². The quantitative estimate of drug-likeness (QED) is 0.475. The summed E-state index contributed by atoms with van der Waals surface area (Å²) in [6, 6.07) is 5.07. The molecule has 0 aliphatic heterocycles. The molecule has 0 fully saturated rings. The van der Waals surface area contributed by atoms with Crippen molar-refractivity contribution in [2.75, 3.05) is 0 Å². The minimum absolute atomic E-state index is 0.134. The third-order valence-electron chi connectivity index (χ3n) is 3.18. The van der Waals surface area contributed by atoms with Crippen molar-refractivity contribution in [3.8, 4) is 0 Å². The molecule has 1 unspecified atom stereocenters. The molecule has 0 bridgehead atoms. The summed E-state index contributed by atoms with van der Waals surface area (Å²) in [7, 11) is 0. The van der Waals surface area contributed by atoms with Crippen LogP contribution in [0.15, 0.2) is 24.4 Å². The normalized spacial score (nSPS) is 12.3. The van der Waals surface area contributed by atoms with E-state index in [4.69, 9.17) is 0 Å². The van der Waals surface area contributed by atoms with Gasteiger partial charge in [-0.15, -0.1) is 5.10 Å². The molecule has 0 N–H and O–H groups in total. The van der Waals surface area contributed by atoms with E-state index in [1.54, 1.807) is 17.7 Å². The van der Waals surface area contributed by atoms with E-state index in [-0.39, 0.29) is 15.4 Å². The van der Waals surface area contributed by atoms with Crippen LogP contribution in [0, 0.1) is 17.0 Å². The Balaban J connectivity index is 2.24. The van der Waals surface area contributed by atoms with E-state index >= 15 is 0 Å². The van der Waals surface area contributed by atoms with Crippen molar-refractivity contribution in [2.45, 2.75) is 31.6 Å². The molecule has 0 saturated heterocycles. The van der Waals surface area contributed by atoms with Gasteiger partial charge in [0, 0.05) is 17.8 Å². The third kappa shape index (κ3) is 3.04. The van der Waals surface area contributed by atoms with Gasteiger partial charge in [0.05, 0.1) is 22.0 Å². The highest BCUT2D eigenvalue weighted by Crippen LogP contribution is 2.24. The van der Waals surface area contributed by atoms with Crippen LogP contribution in [0.2, 0.25) is 0 Å². The second-order valence-electron chi connectivity index (χ2n) is 4.54. The van der Waals surface area contributed by atoms with Gasteiger partial charge in [-0.25, -0.2) is 4.68 Å². The van der Waals surface area contributed by atoms with Gasteiger partial charge in [0.15, 0.2) is 0 Å². The number of aromatic nitrogens is 3. The molecule has 7 heteroatoms. The Morgan fingerprint density at radius 2 is 2.25 bits per heavy atom. The zero-order valence-corrected chi connectivity index (χ0v) is 12.9. The molecule has 2 aromatic rings. The standard InChI is InChI=1S/C13H15BrN4O2/c1-3-11(14)12-8-17(16-15-12)7-10-5-4-6-13(9(10)2)18(19)20/h4-6,8,11H,3,7H2,1-2H3. The second kappa shape index (κ2) is 6.13. The topological polar surface area (TPSA) is 73.8 Å². The SMILES string of the molecule is CCC(Br)c1cn(Cc2cccc([N+](=O)[O-])c2C)nn1. The van der Waals surface area contributed by atoms with Crippen molar-refractivity contribution in [1.29, 1.82) is 0 Å². The fourth-order valence-corrected chi connectivity index (χ4v) is 2.17. The summed E-state index contributed by atoms with van der Waals surface area (Å²) >= 11 is 3.52.